The third-order valence-corrected chi connectivity index (χ3v) is 14.9. The number of benzene rings is 3. The summed E-state index contributed by atoms with van der Waals surface area (Å²) >= 11 is 0. The number of amides is 4. The molecule has 3 fully saturated rings. The maximum atomic E-state index is 16.7. The first-order valence-electron chi connectivity index (χ1n) is 20.8. The van der Waals surface area contributed by atoms with Gasteiger partial charge in [0.2, 0.25) is 26.1 Å². The van der Waals surface area contributed by atoms with Crippen molar-refractivity contribution in [3.8, 4) is 0 Å². The molecule has 3 aromatic carbocycles. The Bertz CT molecular complexity index is 1970. The summed E-state index contributed by atoms with van der Waals surface area (Å²) in [6.45, 7) is 8.27. The molecule has 0 aliphatic carbocycles. The Morgan fingerprint density at radius 3 is 2.16 bits per heavy atom. The third kappa shape index (κ3) is 8.76. The monoisotopic (exact) mass is 812 g/mol. The summed E-state index contributed by atoms with van der Waals surface area (Å²) in [6.07, 6.45) is 2.32. The highest BCUT2D eigenvalue weighted by Crippen LogP contribution is 2.60. The number of carbonyl (C=O) groups excluding carboxylic acids is 4. The molecule has 0 radical (unpaired) electrons. The summed E-state index contributed by atoms with van der Waals surface area (Å²) in [6, 6.07) is 22.3. The second-order valence-electron chi connectivity index (χ2n) is 16.9. The molecule has 0 aromatic heterocycles. The topological polar surface area (TPSA) is 152 Å². The molecule has 3 saturated heterocycles. The van der Waals surface area contributed by atoms with E-state index in [0.29, 0.717) is 35.7 Å². The van der Waals surface area contributed by atoms with E-state index in [4.69, 9.17) is 4.74 Å². The Morgan fingerprint density at radius 2 is 1.55 bits per heavy atom. The van der Waals surface area contributed by atoms with Crippen LogP contribution in [0.2, 0.25) is 18.6 Å². The number of aliphatic hydroxyl groups excluding tert-OH is 1. The van der Waals surface area contributed by atoms with Crippen LogP contribution in [0.25, 0.3) is 0 Å². The van der Waals surface area contributed by atoms with Crippen LogP contribution in [0.15, 0.2) is 72.8 Å². The molecule has 4 amide bonds. The van der Waals surface area contributed by atoms with E-state index in [1.165, 1.54) is 0 Å². The molecule has 0 saturated carbocycles. The fourth-order valence-corrected chi connectivity index (χ4v) is 12.1. The minimum Gasteiger partial charge on any atom is -0.395 e. The van der Waals surface area contributed by atoms with Crippen LogP contribution in [0.4, 0.5) is 21.2 Å². The van der Waals surface area contributed by atoms with E-state index >= 15 is 8.90 Å². The van der Waals surface area contributed by atoms with Gasteiger partial charge in [-0.15, -0.1) is 0 Å². The van der Waals surface area contributed by atoms with Crippen LogP contribution < -0.4 is 26.2 Å². The molecule has 2 unspecified atom stereocenters. The van der Waals surface area contributed by atoms with Crippen molar-refractivity contribution < 1.29 is 33.1 Å². The standard InChI is InChI=1S/C44H57FN6O6Si/c1-29-40(58(2,3)45)38(24-39(53)50(20-21-52)27-30-10-5-4-6-11-30)57-44(29)36-23-35(49-42(55)33-14-9-19-47-26-33)16-17-37(36)51(43(44)56)28-31-12-7-15-34(22-31)48-41(54)32-13-8-18-46-25-32/h4-7,10-12,15-17,22-23,29,32-33,38,40,46-47,52H,8-9,13-14,18-21,24-28H2,1-3H3,(H,48,54)(H,49,55)/t29-,32?,33?,38+,40-,44+/m0/s1. The van der Waals surface area contributed by atoms with Gasteiger partial charge in [-0.2, -0.15) is 0 Å². The van der Waals surface area contributed by atoms with Crippen molar-refractivity contribution in [1.29, 1.82) is 0 Å². The molecule has 7 rings (SSSR count). The Labute approximate surface area is 341 Å². The molecule has 310 valence electrons. The molecule has 4 aliphatic rings. The van der Waals surface area contributed by atoms with Gasteiger partial charge in [0, 0.05) is 54.6 Å². The second-order valence-corrected chi connectivity index (χ2v) is 20.7. The summed E-state index contributed by atoms with van der Waals surface area (Å²) in [7, 11) is -3.62. The number of fused-ring (bicyclic) bond motifs is 2. The number of carbonyl (C=O) groups is 4. The number of hydrogen-bond donors (Lipinski definition) is 5. The minimum atomic E-state index is -3.62. The highest BCUT2D eigenvalue weighted by Gasteiger charge is 2.67. The third-order valence-electron chi connectivity index (χ3n) is 12.4. The molecular weight excluding hydrogens is 756 g/mol. The fourth-order valence-electron chi connectivity index (χ4n) is 9.57. The van der Waals surface area contributed by atoms with Crippen LogP contribution in [-0.2, 0) is 42.6 Å². The first-order valence-corrected chi connectivity index (χ1v) is 23.7. The van der Waals surface area contributed by atoms with Crippen LogP contribution >= 0.6 is 0 Å². The average Bonchev–Trinajstić information content (AvgIpc) is 3.64. The van der Waals surface area contributed by atoms with Gasteiger partial charge in [-0.1, -0.05) is 49.4 Å². The summed E-state index contributed by atoms with van der Waals surface area (Å²) in [4.78, 5) is 59.1. The van der Waals surface area contributed by atoms with E-state index in [0.717, 1.165) is 49.9 Å². The van der Waals surface area contributed by atoms with Crippen LogP contribution in [0, 0.1) is 17.8 Å². The van der Waals surface area contributed by atoms with Crippen LogP contribution in [0.5, 0.6) is 0 Å². The molecule has 14 heteroatoms. The molecule has 4 heterocycles. The number of hydrogen-bond acceptors (Lipinski definition) is 8. The summed E-state index contributed by atoms with van der Waals surface area (Å²) in [5.41, 5.74) is 1.51. The molecule has 0 bridgehead atoms. The van der Waals surface area contributed by atoms with Gasteiger partial charge >= 0.3 is 0 Å². The summed E-state index contributed by atoms with van der Waals surface area (Å²) in [5, 5.41) is 22.6. The number of nitrogens with zero attached hydrogens (tertiary/aromatic N) is 2. The first-order chi connectivity index (χ1) is 27.9. The molecule has 4 aliphatic heterocycles. The van der Waals surface area contributed by atoms with Crippen LogP contribution in [-0.4, -0.2) is 87.5 Å². The Morgan fingerprint density at radius 1 is 0.914 bits per heavy atom. The van der Waals surface area contributed by atoms with Crippen molar-refractivity contribution in [2.45, 2.75) is 82.5 Å². The van der Waals surface area contributed by atoms with Crippen molar-refractivity contribution in [3.05, 3.63) is 89.5 Å². The lowest BCUT2D eigenvalue weighted by Crippen LogP contribution is -2.45. The predicted molar refractivity (Wildman–Crippen MR) is 224 cm³/mol. The van der Waals surface area contributed by atoms with Gasteiger partial charge in [-0.05, 0) is 93.3 Å². The lowest BCUT2D eigenvalue weighted by molar-refractivity contribution is -0.150. The highest BCUT2D eigenvalue weighted by atomic mass is 28.4. The minimum absolute atomic E-state index is 0.0522. The zero-order valence-corrected chi connectivity index (χ0v) is 34.8. The SMILES string of the molecule is C[C@H]1[C@H]([Si](C)(C)F)[C@@H](CC(=O)N(CCO)Cc2ccccc2)O[C@]12C(=O)N(Cc1cccc(NC(=O)C3CCCNC3)c1)c1ccc(NC(=O)C3CCCNC3)cc12. The molecule has 58 heavy (non-hydrogen) atoms. The average molecular weight is 813 g/mol. The predicted octanol–water partition coefficient (Wildman–Crippen LogP) is 5.30. The number of piperidine rings is 2. The van der Waals surface area contributed by atoms with Crippen molar-refractivity contribution in [2.75, 3.05) is 54.9 Å². The number of nitrogens with one attached hydrogen (secondary N) is 4. The largest absolute Gasteiger partial charge is 0.395 e. The first kappa shape index (κ1) is 41.7. The van der Waals surface area contributed by atoms with Crippen LogP contribution in [0.3, 0.4) is 0 Å². The van der Waals surface area contributed by atoms with Crippen molar-refractivity contribution in [1.82, 2.24) is 15.5 Å². The number of ether oxygens (including phenoxy) is 1. The molecule has 1 spiro atoms. The number of aliphatic hydroxyl groups is 1. The van der Waals surface area contributed by atoms with Crippen LogP contribution in [0.1, 0.15) is 55.7 Å². The smallest absolute Gasteiger partial charge is 0.264 e. The second kappa shape index (κ2) is 17.8. The van der Waals surface area contributed by atoms with E-state index in [1.54, 1.807) is 35.0 Å². The molecule has 3 aromatic rings. The zero-order valence-electron chi connectivity index (χ0n) is 33.8. The van der Waals surface area contributed by atoms with E-state index < -0.39 is 31.6 Å². The van der Waals surface area contributed by atoms with E-state index in [1.807, 2.05) is 67.6 Å². The van der Waals surface area contributed by atoms with Crippen molar-refractivity contribution in [3.63, 3.8) is 0 Å². The lowest BCUT2D eigenvalue weighted by Gasteiger charge is -2.31. The summed E-state index contributed by atoms with van der Waals surface area (Å²) < 4.78 is 23.7. The van der Waals surface area contributed by atoms with Gasteiger partial charge in [-0.25, -0.2) is 0 Å². The number of anilines is 3. The number of halogens is 1. The van der Waals surface area contributed by atoms with Gasteiger partial charge in [-0.3, -0.25) is 19.2 Å². The zero-order chi connectivity index (χ0) is 41.0. The maximum Gasteiger partial charge on any atom is 0.264 e. The molecule has 6 atom stereocenters. The van der Waals surface area contributed by atoms with E-state index in [-0.39, 0.29) is 68.1 Å². The van der Waals surface area contributed by atoms with Gasteiger partial charge in [0.05, 0.1) is 43.2 Å². The normalized spacial score (nSPS) is 25.7. The van der Waals surface area contributed by atoms with Crippen molar-refractivity contribution in [2.24, 2.45) is 17.8 Å². The van der Waals surface area contributed by atoms with Gasteiger partial charge in [0.1, 0.15) is 0 Å². The van der Waals surface area contributed by atoms with Gasteiger partial charge in [0.25, 0.3) is 5.91 Å². The lowest BCUT2D eigenvalue weighted by atomic mass is 9.82. The Balaban J connectivity index is 1.22. The fraction of sp³-hybridized carbons (Fsp3) is 0.500. The van der Waals surface area contributed by atoms with Gasteiger partial charge < -0.3 is 45.0 Å². The Kier molecular flexibility index (Phi) is 12.8. The van der Waals surface area contributed by atoms with Crippen molar-refractivity contribution >= 4 is 49.1 Å². The van der Waals surface area contributed by atoms with Gasteiger partial charge in [0.15, 0.2) is 5.60 Å². The molecule has 12 nitrogen and oxygen atoms in total. The maximum absolute atomic E-state index is 16.7. The molecular formula is C44H57FN6O6Si. The Hall–Kier alpha value is -4.47. The summed E-state index contributed by atoms with van der Waals surface area (Å²) in [5.74, 6) is -1.84. The quantitative estimate of drug-likeness (QED) is 0.115. The highest BCUT2D eigenvalue weighted by molar-refractivity contribution is 6.72. The van der Waals surface area contributed by atoms with E-state index in [9.17, 15) is 19.5 Å². The van der Waals surface area contributed by atoms with E-state index in [2.05, 4.69) is 21.3 Å². The number of rotatable bonds is 13. The molecule has 5 N–H and O–H groups in total.